The van der Waals surface area contributed by atoms with Gasteiger partial charge < -0.3 is 14.2 Å². The van der Waals surface area contributed by atoms with E-state index < -0.39 is 6.10 Å². The number of carbonyl (C=O) groups is 3. The van der Waals surface area contributed by atoms with Gasteiger partial charge in [0, 0.05) is 19.3 Å². The Morgan fingerprint density at radius 2 is 0.471 bits per heavy atom. The van der Waals surface area contributed by atoms with Crippen LogP contribution in [0.3, 0.4) is 0 Å². The molecule has 0 amide bonds. The van der Waals surface area contributed by atoms with E-state index >= 15 is 0 Å². The Balaban J connectivity index is 4.11. The highest BCUT2D eigenvalue weighted by atomic mass is 16.6. The summed E-state index contributed by atoms with van der Waals surface area (Å²) in [5.41, 5.74) is 0. The minimum absolute atomic E-state index is 0.0674. The van der Waals surface area contributed by atoms with Crippen LogP contribution in [0.15, 0.2) is 12.2 Å². The molecule has 0 saturated heterocycles. The third-order valence-electron chi connectivity index (χ3n) is 14.5. The first-order chi connectivity index (χ1) is 34.5. The van der Waals surface area contributed by atoms with E-state index in [0.717, 1.165) is 64.2 Å². The minimum Gasteiger partial charge on any atom is -0.462 e. The zero-order valence-corrected chi connectivity index (χ0v) is 47.6. The van der Waals surface area contributed by atoms with Crippen molar-refractivity contribution in [2.75, 3.05) is 13.2 Å². The molecule has 0 N–H and O–H groups in total. The van der Waals surface area contributed by atoms with Gasteiger partial charge in [-0.3, -0.25) is 14.4 Å². The first kappa shape index (κ1) is 68.2. The van der Waals surface area contributed by atoms with Crippen LogP contribution in [0.5, 0.6) is 0 Å². The number of esters is 3. The smallest absolute Gasteiger partial charge is 0.306 e. The summed E-state index contributed by atoms with van der Waals surface area (Å²) < 4.78 is 16.9. The molecule has 0 bridgehead atoms. The van der Waals surface area contributed by atoms with E-state index in [-0.39, 0.29) is 31.1 Å². The standard InChI is InChI=1S/C64H122O6/c1-4-7-10-13-16-19-22-24-26-27-28-29-30-31-32-33-34-35-36-37-38-40-42-45-48-51-54-57-63(66)69-60-61(59-68-62(65)56-53-50-47-44-41-21-18-15-12-9-6-3)70-64(67)58-55-52-49-46-43-39-25-23-20-17-14-11-8-5-2/h23,25,61H,4-22,24,26-60H2,1-3H3/b25-23-. The molecular formula is C64H122O6. The fourth-order valence-corrected chi connectivity index (χ4v) is 9.74. The Kier molecular flexibility index (Phi) is 58.1. The lowest BCUT2D eigenvalue weighted by Gasteiger charge is -2.18. The molecule has 1 atom stereocenters. The third kappa shape index (κ3) is 57.1. The van der Waals surface area contributed by atoms with Gasteiger partial charge in [-0.25, -0.2) is 0 Å². The largest absolute Gasteiger partial charge is 0.462 e. The minimum atomic E-state index is -0.769. The molecule has 0 spiro atoms. The molecule has 0 radical (unpaired) electrons. The number of hydrogen-bond donors (Lipinski definition) is 0. The Morgan fingerprint density at radius 1 is 0.271 bits per heavy atom. The van der Waals surface area contributed by atoms with Gasteiger partial charge in [-0.2, -0.15) is 0 Å². The Labute approximate surface area is 437 Å². The highest BCUT2D eigenvalue weighted by Crippen LogP contribution is 2.18. The van der Waals surface area contributed by atoms with Crippen molar-refractivity contribution in [3.05, 3.63) is 12.2 Å². The fourth-order valence-electron chi connectivity index (χ4n) is 9.74. The van der Waals surface area contributed by atoms with Crippen molar-refractivity contribution in [2.45, 2.75) is 367 Å². The van der Waals surface area contributed by atoms with Gasteiger partial charge in [0.2, 0.25) is 0 Å². The maximum atomic E-state index is 12.8. The number of rotatable bonds is 59. The van der Waals surface area contributed by atoms with Crippen LogP contribution in [0.25, 0.3) is 0 Å². The topological polar surface area (TPSA) is 78.9 Å². The van der Waals surface area contributed by atoms with Gasteiger partial charge in [0.25, 0.3) is 0 Å². The second-order valence-corrected chi connectivity index (χ2v) is 21.7. The number of ether oxygens (including phenoxy) is 3. The average Bonchev–Trinajstić information content (AvgIpc) is 3.36. The molecule has 0 aliphatic rings. The molecule has 0 aromatic heterocycles. The van der Waals surface area contributed by atoms with Crippen LogP contribution < -0.4 is 0 Å². The Hall–Kier alpha value is -1.85. The van der Waals surface area contributed by atoms with E-state index in [1.54, 1.807) is 0 Å². The van der Waals surface area contributed by atoms with Gasteiger partial charge in [-0.1, -0.05) is 309 Å². The fraction of sp³-hybridized carbons (Fsp3) is 0.922. The summed E-state index contributed by atoms with van der Waals surface area (Å²) in [4.78, 5) is 38.1. The summed E-state index contributed by atoms with van der Waals surface area (Å²) in [6, 6.07) is 0. The zero-order chi connectivity index (χ0) is 50.7. The van der Waals surface area contributed by atoms with Crippen LogP contribution >= 0.6 is 0 Å². The van der Waals surface area contributed by atoms with Crippen LogP contribution in [0.4, 0.5) is 0 Å². The number of carbonyl (C=O) groups excluding carboxylic acids is 3. The number of allylic oxidation sites excluding steroid dienone is 2. The molecule has 0 aromatic carbocycles. The molecular weight excluding hydrogens is 865 g/mol. The second-order valence-electron chi connectivity index (χ2n) is 21.7. The lowest BCUT2D eigenvalue weighted by atomic mass is 10.0. The van der Waals surface area contributed by atoms with E-state index in [9.17, 15) is 14.4 Å². The summed E-state index contributed by atoms with van der Waals surface area (Å²) in [6.07, 6.45) is 69.5. The maximum absolute atomic E-state index is 12.8. The van der Waals surface area contributed by atoms with Crippen LogP contribution in [0, 0.1) is 0 Å². The quantitative estimate of drug-likeness (QED) is 0.0261. The van der Waals surface area contributed by atoms with E-state index in [0.29, 0.717) is 19.3 Å². The first-order valence-electron chi connectivity index (χ1n) is 31.7. The Morgan fingerprint density at radius 3 is 0.714 bits per heavy atom. The summed E-state index contributed by atoms with van der Waals surface area (Å²) in [7, 11) is 0. The van der Waals surface area contributed by atoms with Crippen molar-refractivity contribution in [2.24, 2.45) is 0 Å². The van der Waals surface area contributed by atoms with Gasteiger partial charge in [-0.05, 0) is 44.9 Å². The van der Waals surface area contributed by atoms with Gasteiger partial charge >= 0.3 is 17.9 Å². The molecule has 0 aliphatic carbocycles. The third-order valence-corrected chi connectivity index (χ3v) is 14.5. The lowest BCUT2D eigenvalue weighted by Crippen LogP contribution is -2.30. The Bertz CT molecular complexity index is 1090. The summed E-state index contributed by atoms with van der Waals surface area (Å²) in [5, 5.41) is 0. The molecule has 0 fully saturated rings. The molecule has 414 valence electrons. The normalized spacial score (nSPS) is 12.0. The van der Waals surface area contributed by atoms with Crippen LogP contribution in [0.1, 0.15) is 361 Å². The molecule has 0 aliphatic heterocycles. The van der Waals surface area contributed by atoms with Crippen LogP contribution in [-0.2, 0) is 28.6 Å². The molecule has 0 saturated carbocycles. The van der Waals surface area contributed by atoms with E-state index in [1.165, 1.54) is 257 Å². The SMILES string of the molecule is CCCCCCC/C=C\CCCCCCCC(=O)OC(COC(=O)CCCCCCCCCCCCC)COC(=O)CCCCCCCCCCCCCCCCCCCCCCCCCCCCC. The zero-order valence-electron chi connectivity index (χ0n) is 47.6. The van der Waals surface area contributed by atoms with Crippen molar-refractivity contribution >= 4 is 17.9 Å². The van der Waals surface area contributed by atoms with Gasteiger partial charge in [0.1, 0.15) is 13.2 Å². The molecule has 6 heteroatoms. The van der Waals surface area contributed by atoms with Crippen molar-refractivity contribution in [3.8, 4) is 0 Å². The van der Waals surface area contributed by atoms with Crippen molar-refractivity contribution < 1.29 is 28.6 Å². The summed E-state index contributed by atoms with van der Waals surface area (Å²) >= 11 is 0. The van der Waals surface area contributed by atoms with Gasteiger partial charge in [-0.15, -0.1) is 0 Å². The van der Waals surface area contributed by atoms with E-state index in [4.69, 9.17) is 14.2 Å². The predicted molar refractivity (Wildman–Crippen MR) is 303 cm³/mol. The van der Waals surface area contributed by atoms with Gasteiger partial charge in [0.15, 0.2) is 6.10 Å². The van der Waals surface area contributed by atoms with Crippen LogP contribution in [-0.4, -0.2) is 37.2 Å². The maximum Gasteiger partial charge on any atom is 0.306 e. The predicted octanol–water partition coefficient (Wildman–Crippen LogP) is 21.3. The molecule has 0 aromatic rings. The molecule has 1 unspecified atom stereocenters. The van der Waals surface area contributed by atoms with E-state index in [2.05, 4.69) is 32.9 Å². The molecule has 6 nitrogen and oxygen atoms in total. The van der Waals surface area contributed by atoms with Crippen LogP contribution in [0.2, 0.25) is 0 Å². The van der Waals surface area contributed by atoms with Crippen molar-refractivity contribution in [3.63, 3.8) is 0 Å². The number of unbranched alkanes of at least 4 members (excludes halogenated alkanes) is 46. The lowest BCUT2D eigenvalue weighted by molar-refractivity contribution is -0.167. The van der Waals surface area contributed by atoms with E-state index in [1.807, 2.05) is 0 Å². The van der Waals surface area contributed by atoms with Crippen molar-refractivity contribution in [1.29, 1.82) is 0 Å². The second kappa shape index (κ2) is 59.7. The summed E-state index contributed by atoms with van der Waals surface area (Å²) in [5.74, 6) is -0.851. The first-order valence-corrected chi connectivity index (χ1v) is 31.7. The highest BCUT2D eigenvalue weighted by molar-refractivity contribution is 5.71. The molecule has 70 heavy (non-hydrogen) atoms. The van der Waals surface area contributed by atoms with Gasteiger partial charge in [0.05, 0.1) is 0 Å². The average molecular weight is 988 g/mol. The molecule has 0 rings (SSSR count). The summed E-state index contributed by atoms with van der Waals surface area (Å²) in [6.45, 7) is 6.68. The monoisotopic (exact) mass is 987 g/mol. The van der Waals surface area contributed by atoms with Crippen molar-refractivity contribution in [1.82, 2.24) is 0 Å². The molecule has 0 heterocycles. The number of hydrogen-bond acceptors (Lipinski definition) is 6. The highest BCUT2D eigenvalue weighted by Gasteiger charge is 2.19.